The molecule has 0 saturated carbocycles. The Kier molecular flexibility index (Phi) is 5.68. The lowest BCUT2D eigenvalue weighted by atomic mass is 10.0. The third-order valence-electron chi connectivity index (χ3n) is 3.40. The highest BCUT2D eigenvalue weighted by atomic mass is 35.5. The van der Waals surface area contributed by atoms with E-state index >= 15 is 0 Å². The summed E-state index contributed by atoms with van der Waals surface area (Å²) >= 11 is 12.2. The van der Waals surface area contributed by atoms with Crippen LogP contribution in [0, 0.1) is 6.92 Å². The second kappa shape index (κ2) is 7.30. The van der Waals surface area contributed by atoms with E-state index in [1.54, 1.807) is 0 Å². The first kappa shape index (κ1) is 16.3. The molecule has 0 radical (unpaired) electrons. The molecular weight excluding hydrogens is 305 g/mol. The molecule has 1 heterocycles. The van der Waals surface area contributed by atoms with E-state index < -0.39 is 0 Å². The molecule has 21 heavy (non-hydrogen) atoms. The maximum Gasteiger partial charge on any atom is 0.0748 e. The van der Waals surface area contributed by atoms with Crippen LogP contribution in [0.5, 0.6) is 0 Å². The molecule has 0 aliphatic heterocycles. The molecule has 2 rings (SSSR count). The Morgan fingerprint density at radius 1 is 1.19 bits per heavy atom. The number of nitrogens with one attached hydrogen (secondary N) is 1. The minimum atomic E-state index is 0.0702. The number of aromatic nitrogens is 2. The molecule has 0 saturated heterocycles. The van der Waals surface area contributed by atoms with Crippen molar-refractivity contribution in [1.29, 1.82) is 0 Å². The lowest BCUT2D eigenvalue weighted by molar-refractivity contribution is 0.529. The topological polar surface area (TPSA) is 29.9 Å². The molecule has 1 aromatic heterocycles. The molecule has 1 aromatic carbocycles. The van der Waals surface area contributed by atoms with Crippen LogP contribution in [-0.4, -0.2) is 16.3 Å². The summed E-state index contributed by atoms with van der Waals surface area (Å²) in [6.07, 6.45) is 1.07. The molecule has 0 aliphatic rings. The van der Waals surface area contributed by atoms with Crippen LogP contribution in [0.2, 0.25) is 10.0 Å². The van der Waals surface area contributed by atoms with Gasteiger partial charge in [0.25, 0.3) is 0 Å². The van der Waals surface area contributed by atoms with Gasteiger partial charge in [0.1, 0.15) is 0 Å². The zero-order valence-electron chi connectivity index (χ0n) is 12.7. The lowest BCUT2D eigenvalue weighted by Crippen LogP contribution is -2.25. The minimum absolute atomic E-state index is 0.0702. The van der Waals surface area contributed by atoms with Crippen molar-refractivity contribution in [2.45, 2.75) is 39.8 Å². The molecule has 114 valence electrons. The number of nitrogens with zero attached hydrogens (tertiary/aromatic N) is 2. The van der Waals surface area contributed by atoms with Crippen molar-refractivity contribution in [3.8, 4) is 0 Å². The predicted octanol–water partition coefficient (Wildman–Crippen LogP) is 4.61. The largest absolute Gasteiger partial charge is 0.305 e. The molecule has 1 N–H and O–H groups in total. The molecular formula is C16H21Cl2N3. The average molecular weight is 326 g/mol. The lowest BCUT2D eigenvalue weighted by Gasteiger charge is -2.20. The van der Waals surface area contributed by atoms with Crippen molar-refractivity contribution in [1.82, 2.24) is 15.1 Å². The first-order valence-electron chi connectivity index (χ1n) is 7.29. The highest BCUT2D eigenvalue weighted by Gasteiger charge is 2.19. The monoisotopic (exact) mass is 325 g/mol. The van der Waals surface area contributed by atoms with Gasteiger partial charge in [-0.2, -0.15) is 5.10 Å². The van der Waals surface area contributed by atoms with Gasteiger partial charge in [-0.15, -0.1) is 0 Å². The van der Waals surface area contributed by atoms with Gasteiger partial charge in [0.15, 0.2) is 0 Å². The summed E-state index contributed by atoms with van der Waals surface area (Å²) in [5.41, 5.74) is 3.28. The molecule has 0 fully saturated rings. The normalized spacial score (nSPS) is 12.6. The van der Waals surface area contributed by atoms with E-state index in [-0.39, 0.29) is 6.04 Å². The fraction of sp³-hybridized carbons (Fsp3) is 0.438. The Labute approximate surface area is 136 Å². The number of halogens is 2. The summed E-state index contributed by atoms with van der Waals surface area (Å²) < 4.78 is 2.03. The van der Waals surface area contributed by atoms with Gasteiger partial charge in [-0.25, -0.2) is 0 Å². The van der Waals surface area contributed by atoms with Crippen LogP contribution in [0.1, 0.15) is 43.3 Å². The first-order valence-corrected chi connectivity index (χ1v) is 8.05. The molecule has 1 atom stereocenters. The Bertz CT molecular complexity index is 608. The summed E-state index contributed by atoms with van der Waals surface area (Å²) in [5, 5.41) is 9.27. The van der Waals surface area contributed by atoms with Crippen molar-refractivity contribution in [2.24, 2.45) is 0 Å². The number of rotatable bonds is 6. The van der Waals surface area contributed by atoms with Gasteiger partial charge in [-0.05, 0) is 50.6 Å². The number of benzene rings is 1. The van der Waals surface area contributed by atoms with Gasteiger partial charge in [0.2, 0.25) is 0 Å². The first-order chi connectivity index (χ1) is 10.1. The standard InChI is InChI=1S/C16H21Cl2N3/c1-4-8-19-16(12-6-7-13(17)14(18)10-12)15-9-11(3)20-21(15)5-2/h6-7,9-10,16,19H,4-5,8H2,1-3H3. The van der Waals surface area contributed by atoms with E-state index in [4.69, 9.17) is 23.2 Å². The van der Waals surface area contributed by atoms with E-state index in [1.807, 2.05) is 29.8 Å². The quantitative estimate of drug-likeness (QED) is 0.840. The predicted molar refractivity (Wildman–Crippen MR) is 89.2 cm³/mol. The fourth-order valence-electron chi connectivity index (χ4n) is 2.42. The average Bonchev–Trinajstić information content (AvgIpc) is 2.84. The highest BCUT2D eigenvalue weighted by Crippen LogP contribution is 2.29. The van der Waals surface area contributed by atoms with Gasteiger partial charge >= 0.3 is 0 Å². The van der Waals surface area contributed by atoms with E-state index in [2.05, 4.69) is 30.3 Å². The van der Waals surface area contributed by atoms with Gasteiger partial charge in [0, 0.05) is 6.54 Å². The van der Waals surface area contributed by atoms with Gasteiger partial charge in [-0.3, -0.25) is 4.68 Å². The van der Waals surface area contributed by atoms with Crippen LogP contribution in [-0.2, 0) is 6.54 Å². The summed E-state index contributed by atoms with van der Waals surface area (Å²) in [6, 6.07) is 7.99. The number of hydrogen-bond acceptors (Lipinski definition) is 2. The summed E-state index contributed by atoms with van der Waals surface area (Å²) in [7, 11) is 0. The van der Waals surface area contributed by atoms with Crippen molar-refractivity contribution in [2.75, 3.05) is 6.54 Å². The van der Waals surface area contributed by atoms with E-state index in [9.17, 15) is 0 Å². The molecule has 2 aromatic rings. The van der Waals surface area contributed by atoms with Crippen molar-refractivity contribution in [3.05, 3.63) is 51.3 Å². The van der Waals surface area contributed by atoms with Gasteiger partial charge in [-0.1, -0.05) is 36.2 Å². The molecule has 3 nitrogen and oxygen atoms in total. The molecule has 0 bridgehead atoms. The van der Waals surface area contributed by atoms with Gasteiger partial charge in [0.05, 0.1) is 27.5 Å². The summed E-state index contributed by atoms with van der Waals surface area (Å²) in [4.78, 5) is 0. The van der Waals surface area contributed by atoms with Crippen LogP contribution in [0.15, 0.2) is 24.3 Å². The Morgan fingerprint density at radius 2 is 1.95 bits per heavy atom. The molecule has 0 spiro atoms. The zero-order chi connectivity index (χ0) is 15.4. The fourth-order valence-corrected chi connectivity index (χ4v) is 2.73. The third kappa shape index (κ3) is 3.79. The Hall–Kier alpha value is -1.03. The SMILES string of the molecule is CCCNC(c1ccc(Cl)c(Cl)c1)c1cc(C)nn1CC. The van der Waals surface area contributed by atoms with Crippen LogP contribution in [0.3, 0.4) is 0 Å². The van der Waals surface area contributed by atoms with E-state index in [0.29, 0.717) is 10.0 Å². The summed E-state index contributed by atoms with van der Waals surface area (Å²) in [6.45, 7) is 8.04. The Morgan fingerprint density at radius 3 is 2.57 bits per heavy atom. The maximum absolute atomic E-state index is 6.18. The van der Waals surface area contributed by atoms with Crippen LogP contribution in [0.4, 0.5) is 0 Å². The van der Waals surface area contributed by atoms with Gasteiger partial charge < -0.3 is 5.32 Å². The second-order valence-electron chi connectivity index (χ2n) is 5.09. The number of aryl methyl sites for hydroxylation is 2. The van der Waals surface area contributed by atoms with Crippen molar-refractivity contribution < 1.29 is 0 Å². The van der Waals surface area contributed by atoms with Crippen molar-refractivity contribution in [3.63, 3.8) is 0 Å². The van der Waals surface area contributed by atoms with E-state index in [1.165, 1.54) is 0 Å². The van der Waals surface area contributed by atoms with Crippen LogP contribution in [0.25, 0.3) is 0 Å². The zero-order valence-corrected chi connectivity index (χ0v) is 14.2. The smallest absolute Gasteiger partial charge is 0.0748 e. The van der Waals surface area contributed by atoms with Crippen LogP contribution >= 0.6 is 23.2 Å². The van der Waals surface area contributed by atoms with Crippen LogP contribution < -0.4 is 5.32 Å². The highest BCUT2D eigenvalue weighted by molar-refractivity contribution is 6.42. The van der Waals surface area contributed by atoms with Crippen molar-refractivity contribution >= 4 is 23.2 Å². The minimum Gasteiger partial charge on any atom is -0.305 e. The second-order valence-corrected chi connectivity index (χ2v) is 5.90. The third-order valence-corrected chi connectivity index (χ3v) is 4.14. The molecule has 0 amide bonds. The Balaban J connectivity index is 2.43. The molecule has 0 aliphatic carbocycles. The van der Waals surface area contributed by atoms with E-state index in [0.717, 1.165) is 36.5 Å². The summed E-state index contributed by atoms with van der Waals surface area (Å²) in [5.74, 6) is 0. The molecule has 5 heteroatoms. The maximum atomic E-state index is 6.18. The number of hydrogen-bond donors (Lipinski definition) is 1. The molecule has 1 unspecified atom stereocenters.